The molecule has 0 spiro atoms. The standard InChI is InChI=1S/C35H22N3O.C20H28NSi.Ir/c1-22-18-20-28-27-14-9-15-29(33(27)39-35(28)36-22)34-37-30-16-7-8-17-31(30)38(34)32-25-13-6-5-12-24(25)19-21-26(32)23-10-3-2-4-11-23;1-15-8-10-16(11-9-15)18-12-17(13-20(2,3)4)19(14-21-18)22(5,6)7;/h2-14,16-21H,1H3;8-10,12,14H,13H2,1-7H3;/q2*-1;/i;1D3,13D2;. The van der Waals surface area contributed by atoms with Crippen molar-refractivity contribution in [2.75, 3.05) is 0 Å². The van der Waals surface area contributed by atoms with Crippen LogP contribution >= 0.6 is 0 Å². The number of furan rings is 1. The van der Waals surface area contributed by atoms with Crippen molar-refractivity contribution in [2.24, 2.45) is 5.41 Å². The number of para-hydroxylation sites is 2. The van der Waals surface area contributed by atoms with E-state index in [1.54, 1.807) is 18.3 Å². The van der Waals surface area contributed by atoms with E-state index in [1.807, 2.05) is 58.0 Å². The molecule has 1 radical (unpaired) electrons. The Labute approximate surface area is 386 Å². The minimum Gasteiger partial charge on any atom is -0.486 e. The van der Waals surface area contributed by atoms with Gasteiger partial charge in [0.2, 0.25) is 5.71 Å². The number of aryl methyl sites for hydroxylation is 2. The molecule has 4 heterocycles. The van der Waals surface area contributed by atoms with E-state index in [1.165, 1.54) is 11.5 Å². The maximum absolute atomic E-state index is 8.79. The number of pyridine rings is 2. The zero-order chi connectivity index (χ0) is 46.8. The molecule has 10 rings (SSSR count). The van der Waals surface area contributed by atoms with E-state index in [0.29, 0.717) is 22.5 Å². The first-order valence-corrected chi connectivity index (χ1v) is 24.1. The normalized spacial score (nSPS) is 13.4. The van der Waals surface area contributed by atoms with Crippen LogP contribution in [0.25, 0.3) is 83.3 Å². The quantitative estimate of drug-likeness (QED) is 0.123. The average molecular weight is 1010 g/mol. The van der Waals surface area contributed by atoms with Crippen LogP contribution in [0, 0.1) is 31.3 Å². The van der Waals surface area contributed by atoms with Gasteiger partial charge in [-0.05, 0) is 64.8 Å². The Morgan fingerprint density at radius 2 is 1.56 bits per heavy atom. The second kappa shape index (κ2) is 17.1. The minimum absolute atomic E-state index is 0. The summed E-state index contributed by atoms with van der Waals surface area (Å²) in [7, 11) is -1.81. The SMILES string of the molecule is Cc1ccc2c(n1)oc1c(-c3nc4ccccc4n3-c3c(-c4ccccc4)ccc4ccccc34)[c-]ccc12.[2H]C([2H])([2H])c1c[c-]c(-c2cc(C([2H])([2H])C(C)(C)C)c([Si](C)(C)C)cn2)cc1.[Ir]. The van der Waals surface area contributed by atoms with Gasteiger partial charge in [0.25, 0.3) is 0 Å². The fourth-order valence-corrected chi connectivity index (χ4v) is 9.33. The van der Waals surface area contributed by atoms with Crippen LogP contribution in [0.1, 0.15) is 44.4 Å². The van der Waals surface area contributed by atoms with Crippen LogP contribution in [-0.2, 0) is 26.5 Å². The summed E-state index contributed by atoms with van der Waals surface area (Å²) in [6, 6.07) is 52.9. The molecule has 0 aliphatic heterocycles. The van der Waals surface area contributed by atoms with Crippen molar-refractivity contribution in [2.45, 2.75) is 60.6 Å². The van der Waals surface area contributed by atoms with Gasteiger partial charge in [-0.1, -0.05) is 149 Å². The first kappa shape index (κ1) is 36.6. The summed E-state index contributed by atoms with van der Waals surface area (Å²) in [4.78, 5) is 14.4. The molecule has 0 aliphatic carbocycles. The van der Waals surface area contributed by atoms with E-state index in [9.17, 15) is 0 Å². The van der Waals surface area contributed by atoms with E-state index in [4.69, 9.17) is 16.3 Å². The van der Waals surface area contributed by atoms with Crippen molar-refractivity contribution in [1.29, 1.82) is 0 Å². The first-order chi connectivity index (χ1) is 31.3. The molecule has 0 fully saturated rings. The van der Waals surface area contributed by atoms with Gasteiger partial charge in [-0.25, -0.2) is 4.98 Å². The summed E-state index contributed by atoms with van der Waals surface area (Å²) >= 11 is 0. The molecule has 0 amide bonds. The van der Waals surface area contributed by atoms with E-state index in [-0.39, 0.29) is 25.7 Å². The third-order valence-corrected chi connectivity index (χ3v) is 12.8. The molecular weight excluding hydrogens is 953 g/mol. The number of aromatic nitrogens is 4. The van der Waals surface area contributed by atoms with Crippen molar-refractivity contribution < 1.29 is 31.4 Å². The molecule has 0 saturated heterocycles. The van der Waals surface area contributed by atoms with Crippen LogP contribution in [0.4, 0.5) is 0 Å². The second-order valence-electron chi connectivity index (χ2n) is 17.5. The minimum atomic E-state index is -2.17. The Morgan fingerprint density at radius 3 is 2.32 bits per heavy atom. The van der Waals surface area contributed by atoms with Gasteiger partial charge in [0.1, 0.15) is 0 Å². The van der Waals surface area contributed by atoms with Crippen molar-refractivity contribution in [3.05, 3.63) is 175 Å². The van der Waals surface area contributed by atoms with Crippen LogP contribution in [0.3, 0.4) is 0 Å². The summed E-state index contributed by atoms with van der Waals surface area (Å²) in [6.45, 7) is 12.1. The molecule has 5 nitrogen and oxygen atoms in total. The van der Waals surface area contributed by atoms with Crippen molar-refractivity contribution in [3.8, 4) is 39.5 Å². The summed E-state index contributed by atoms with van der Waals surface area (Å²) in [5, 5.41) is 5.32. The van der Waals surface area contributed by atoms with E-state index >= 15 is 0 Å². The molecule has 0 N–H and O–H groups in total. The Balaban J connectivity index is 0.000000193. The van der Waals surface area contributed by atoms with Crippen LogP contribution in [0.15, 0.2) is 150 Å². The molecule has 7 heteroatoms. The summed E-state index contributed by atoms with van der Waals surface area (Å²) in [5.74, 6) is 0.783. The van der Waals surface area contributed by atoms with Crippen molar-refractivity contribution >= 4 is 57.1 Å². The zero-order valence-corrected chi connectivity index (χ0v) is 39.3. The fourth-order valence-electron chi connectivity index (χ4n) is 7.94. The molecule has 0 unspecified atom stereocenters. The Hall–Kier alpha value is -5.98. The van der Waals surface area contributed by atoms with E-state index in [2.05, 4.69) is 137 Å². The van der Waals surface area contributed by atoms with Crippen LogP contribution < -0.4 is 5.19 Å². The Kier molecular flexibility index (Phi) is 10.1. The molecule has 0 aliphatic rings. The molecular formula is C55H50IrN4OSi-2. The van der Waals surface area contributed by atoms with Gasteiger partial charge in [-0.15, -0.1) is 53.6 Å². The van der Waals surface area contributed by atoms with Crippen LogP contribution in [-0.4, -0.2) is 27.6 Å². The number of hydrogen-bond donors (Lipinski definition) is 0. The Morgan fingerprint density at radius 1 is 0.790 bits per heavy atom. The van der Waals surface area contributed by atoms with Gasteiger partial charge in [0, 0.05) is 55.2 Å². The third kappa shape index (κ3) is 8.45. The predicted molar refractivity (Wildman–Crippen MR) is 257 cm³/mol. The molecule has 62 heavy (non-hydrogen) atoms. The predicted octanol–water partition coefficient (Wildman–Crippen LogP) is 13.9. The summed E-state index contributed by atoms with van der Waals surface area (Å²) in [6.07, 6.45) is 0.269. The van der Waals surface area contributed by atoms with E-state index < -0.39 is 26.7 Å². The van der Waals surface area contributed by atoms with Crippen LogP contribution in [0.5, 0.6) is 0 Å². The van der Waals surface area contributed by atoms with E-state index in [0.717, 1.165) is 71.9 Å². The molecule has 0 bridgehead atoms. The van der Waals surface area contributed by atoms with Gasteiger partial charge in [-0.3, -0.25) is 4.98 Å². The van der Waals surface area contributed by atoms with Gasteiger partial charge < -0.3 is 14.0 Å². The summed E-state index contributed by atoms with van der Waals surface area (Å²) < 4.78 is 48.7. The van der Waals surface area contributed by atoms with Crippen molar-refractivity contribution in [3.63, 3.8) is 0 Å². The van der Waals surface area contributed by atoms with Gasteiger partial charge in [0.05, 0.1) is 36.2 Å². The number of benzene rings is 6. The molecule has 0 atom stereocenters. The topological polar surface area (TPSA) is 56.7 Å². The zero-order valence-electron chi connectivity index (χ0n) is 40.9. The van der Waals surface area contributed by atoms with Crippen LogP contribution in [0.2, 0.25) is 19.6 Å². The maximum atomic E-state index is 8.79. The number of nitrogens with zero attached hydrogens (tertiary/aromatic N) is 4. The first-order valence-electron chi connectivity index (χ1n) is 23.1. The molecule has 311 valence electrons. The van der Waals surface area contributed by atoms with Crippen molar-refractivity contribution in [1.82, 2.24) is 19.5 Å². The van der Waals surface area contributed by atoms with Gasteiger partial charge >= 0.3 is 0 Å². The molecule has 4 aromatic heterocycles. The smallest absolute Gasteiger partial charge is 0.216 e. The monoisotopic (exact) mass is 1010 g/mol. The Bertz CT molecular complexity index is 3420. The van der Waals surface area contributed by atoms with Gasteiger partial charge in [-0.2, -0.15) is 0 Å². The fraction of sp³-hybridized carbons (Fsp3) is 0.182. The molecule has 6 aromatic carbocycles. The van der Waals surface area contributed by atoms with Gasteiger partial charge in [0.15, 0.2) is 0 Å². The molecule has 0 saturated carbocycles. The number of hydrogen-bond acceptors (Lipinski definition) is 4. The number of rotatable bonds is 6. The second-order valence-corrected chi connectivity index (χ2v) is 22.6. The largest absolute Gasteiger partial charge is 0.486 e. The number of fused-ring (bicyclic) bond motifs is 5. The third-order valence-electron chi connectivity index (χ3n) is 10.7. The number of imidazole rings is 1. The molecule has 10 aromatic rings. The summed E-state index contributed by atoms with van der Waals surface area (Å²) in [5.41, 5.74) is 10.00. The average Bonchev–Trinajstić information content (AvgIpc) is 3.86. The maximum Gasteiger partial charge on any atom is 0.216 e.